The first-order valence-corrected chi connectivity index (χ1v) is 6.34. The summed E-state index contributed by atoms with van der Waals surface area (Å²) >= 11 is 5.41. The number of carbonyl (C=O) groups is 2. The summed E-state index contributed by atoms with van der Waals surface area (Å²) in [6, 6.07) is 7.08. The number of phenolic OH excluding ortho intramolecular Hbond substituents is 1. The molecular formula is C15H13ClO6. The summed E-state index contributed by atoms with van der Waals surface area (Å²) < 4.78 is 0. The molecule has 2 aromatic rings. The SMILES string of the molecule is Cc1cccc(O)c1C=O.O=C(O)c1c(O)cc(Cl)cc1O. The predicted octanol–water partition coefficient (Wildman–Crippen LogP) is 2.96. The number of aromatic carboxylic acids is 1. The van der Waals surface area contributed by atoms with Gasteiger partial charge in [0.25, 0.3) is 0 Å². The van der Waals surface area contributed by atoms with Crippen molar-refractivity contribution >= 4 is 23.9 Å². The minimum Gasteiger partial charge on any atom is -0.507 e. The monoisotopic (exact) mass is 324 g/mol. The fraction of sp³-hybridized carbons (Fsp3) is 0.0667. The normalized spacial score (nSPS) is 9.55. The molecule has 0 amide bonds. The second-order valence-corrected chi connectivity index (χ2v) is 4.69. The molecule has 0 spiro atoms. The summed E-state index contributed by atoms with van der Waals surface area (Å²) in [6.45, 7) is 1.78. The number of halogens is 1. The summed E-state index contributed by atoms with van der Waals surface area (Å²) in [6.07, 6.45) is 0.657. The van der Waals surface area contributed by atoms with Gasteiger partial charge in [-0.2, -0.15) is 0 Å². The maximum atomic E-state index is 10.4. The molecule has 4 N–H and O–H groups in total. The molecule has 0 radical (unpaired) electrons. The van der Waals surface area contributed by atoms with Crippen molar-refractivity contribution in [1.29, 1.82) is 0 Å². The van der Waals surface area contributed by atoms with Crippen molar-refractivity contribution in [1.82, 2.24) is 0 Å². The van der Waals surface area contributed by atoms with E-state index in [-0.39, 0.29) is 10.8 Å². The highest BCUT2D eigenvalue weighted by molar-refractivity contribution is 6.31. The van der Waals surface area contributed by atoms with Gasteiger partial charge < -0.3 is 20.4 Å². The van der Waals surface area contributed by atoms with Crippen molar-refractivity contribution in [3.63, 3.8) is 0 Å². The Kier molecular flexibility index (Phi) is 5.77. The molecular weight excluding hydrogens is 312 g/mol. The topological polar surface area (TPSA) is 115 Å². The second kappa shape index (κ2) is 7.33. The summed E-state index contributed by atoms with van der Waals surface area (Å²) in [5.74, 6) is -2.45. The fourth-order valence-electron chi connectivity index (χ4n) is 1.62. The molecule has 0 heterocycles. The van der Waals surface area contributed by atoms with Crippen LogP contribution in [0, 0.1) is 6.92 Å². The average molecular weight is 325 g/mol. The lowest BCUT2D eigenvalue weighted by Crippen LogP contribution is -1.97. The molecule has 0 fully saturated rings. The zero-order valence-electron chi connectivity index (χ0n) is 11.4. The highest BCUT2D eigenvalue weighted by Crippen LogP contribution is 2.30. The summed E-state index contributed by atoms with van der Waals surface area (Å²) in [7, 11) is 0. The third-order valence-corrected chi connectivity index (χ3v) is 2.91. The Bertz CT molecular complexity index is 668. The number of carboxylic acids is 1. The van der Waals surface area contributed by atoms with Gasteiger partial charge in [-0.1, -0.05) is 23.7 Å². The molecule has 0 saturated carbocycles. The van der Waals surface area contributed by atoms with Crippen LogP contribution in [-0.4, -0.2) is 32.7 Å². The molecule has 0 aromatic heterocycles. The van der Waals surface area contributed by atoms with Crippen LogP contribution in [0.25, 0.3) is 0 Å². The molecule has 0 aliphatic rings. The van der Waals surface area contributed by atoms with E-state index in [0.29, 0.717) is 11.8 Å². The molecule has 0 saturated heterocycles. The number of hydrogen-bond acceptors (Lipinski definition) is 5. The van der Waals surface area contributed by atoms with E-state index in [1.807, 2.05) is 0 Å². The van der Waals surface area contributed by atoms with Crippen LogP contribution in [0.1, 0.15) is 26.3 Å². The molecule has 7 heteroatoms. The van der Waals surface area contributed by atoms with Gasteiger partial charge in [0.2, 0.25) is 0 Å². The number of rotatable bonds is 2. The highest BCUT2D eigenvalue weighted by Gasteiger charge is 2.15. The number of benzene rings is 2. The van der Waals surface area contributed by atoms with Crippen LogP contribution >= 0.6 is 11.6 Å². The van der Waals surface area contributed by atoms with Crippen LogP contribution in [-0.2, 0) is 0 Å². The van der Waals surface area contributed by atoms with Crippen molar-refractivity contribution in [2.75, 3.05) is 0 Å². The highest BCUT2D eigenvalue weighted by atomic mass is 35.5. The zero-order chi connectivity index (χ0) is 16.9. The molecule has 2 rings (SSSR count). The van der Waals surface area contributed by atoms with Gasteiger partial charge in [0, 0.05) is 5.02 Å². The fourth-order valence-corrected chi connectivity index (χ4v) is 1.82. The van der Waals surface area contributed by atoms with Gasteiger partial charge in [-0.15, -0.1) is 0 Å². The van der Waals surface area contributed by atoms with Crippen LogP contribution in [0.3, 0.4) is 0 Å². The first-order valence-electron chi connectivity index (χ1n) is 5.96. The lowest BCUT2D eigenvalue weighted by Gasteiger charge is -2.02. The first kappa shape index (κ1) is 17.3. The van der Waals surface area contributed by atoms with Crippen molar-refractivity contribution in [2.24, 2.45) is 0 Å². The summed E-state index contributed by atoms with van der Waals surface area (Å²) in [5, 5.41) is 35.6. The minimum absolute atomic E-state index is 0.0509. The number of phenols is 3. The Hall–Kier alpha value is -2.73. The van der Waals surface area contributed by atoms with Gasteiger partial charge in [-0.05, 0) is 30.7 Å². The van der Waals surface area contributed by atoms with Crippen LogP contribution < -0.4 is 0 Å². The molecule has 0 atom stereocenters. The number of carbonyl (C=O) groups excluding carboxylic acids is 1. The van der Waals surface area contributed by atoms with E-state index in [1.165, 1.54) is 6.07 Å². The largest absolute Gasteiger partial charge is 0.507 e. The van der Waals surface area contributed by atoms with Gasteiger partial charge >= 0.3 is 5.97 Å². The first-order chi connectivity index (χ1) is 10.3. The molecule has 2 aromatic carbocycles. The van der Waals surface area contributed by atoms with Crippen molar-refractivity contribution < 1.29 is 30.0 Å². The van der Waals surface area contributed by atoms with Gasteiger partial charge in [-0.3, -0.25) is 4.79 Å². The molecule has 6 nitrogen and oxygen atoms in total. The van der Waals surface area contributed by atoms with Crippen molar-refractivity contribution in [3.8, 4) is 17.2 Å². The van der Waals surface area contributed by atoms with Gasteiger partial charge in [0.05, 0.1) is 5.56 Å². The Morgan fingerprint density at radius 3 is 2.00 bits per heavy atom. The number of aldehydes is 1. The summed E-state index contributed by atoms with van der Waals surface area (Å²) in [4.78, 5) is 20.7. The van der Waals surface area contributed by atoms with E-state index in [4.69, 9.17) is 32.0 Å². The molecule has 116 valence electrons. The predicted molar refractivity (Wildman–Crippen MR) is 80.0 cm³/mol. The van der Waals surface area contributed by atoms with Crippen molar-refractivity contribution in [2.45, 2.75) is 6.92 Å². The molecule has 22 heavy (non-hydrogen) atoms. The van der Waals surface area contributed by atoms with Gasteiger partial charge in [-0.25, -0.2) is 4.79 Å². The van der Waals surface area contributed by atoms with E-state index in [0.717, 1.165) is 17.7 Å². The standard InChI is InChI=1S/C8H8O2.C7H5ClO4/c1-6-3-2-4-8(10)7(6)5-9;8-3-1-4(9)6(7(11)12)5(10)2-3/h2-5,10H,1H3;1-2,9-10H,(H,11,12). The molecule has 0 aliphatic carbocycles. The second-order valence-electron chi connectivity index (χ2n) is 4.25. The molecule has 0 unspecified atom stereocenters. The van der Waals surface area contributed by atoms with E-state index in [1.54, 1.807) is 19.1 Å². The van der Waals surface area contributed by atoms with E-state index >= 15 is 0 Å². The smallest absolute Gasteiger partial charge is 0.343 e. The maximum absolute atomic E-state index is 10.4. The van der Waals surface area contributed by atoms with Gasteiger partial charge in [0.15, 0.2) is 6.29 Å². The Balaban J connectivity index is 0.000000224. The van der Waals surface area contributed by atoms with Crippen molar-refractivity contribution in [3.05, 3.63) is 52.0 Å². The van der Waals surface area contributed by atoms with E-state index in [9.17, 15) is 9.59 Å². The average Bonchev–Trinajstić information content (AvgIpc) is 2.37. The molecule has 0 bridgehead atoms. The van der Waals surface area contributed by atoms with Crippen LogP contribution in [0.15, 0.2) is 30.3 Å². The number of aromatic hydroxyl groups is 3. The number of carboxylic acid groups (broad SMARTS) is 1. The maximum Gasteiger partial charge on any atom is 0.343 e. The lowest BCUT2D eigenvalue weighted by molar-refractivity contribution is 0.0690. The lowest BCUT2D eigenvalue weighted by atomic mass is 10.1. The quantitative estimate of drug-likeness (QED) is 0.631. The van der Waals surface area contributed by atoms with E-state index in [2.05, 4.69) is 0 Å². The van der Waals surface area contributed by atoms with E-state index < -0.39 is 23.0 Å². The van der Waals surface area contributed by atoms with Crippen LogP contribution in [0.4, 0.5) is 0 Å². The third-order valence-electron chi connectivity index (χ3n) is 2.69. The number of hydrogen-bond donors (Lipinski definition) is 4. The van der Waals surface area contributed by atoms with Crippen LogP contribution in [0.5, 0.6) is 17.2 Å². The third kappa shape index (κ3) is 4.13. The minimum atomic E-state index is -1.40. The summed E-state index contributed by atoms with van der Waals surface area (Å²) in [5.41, 5.74) is 0.636. The van der Waals surface area contributed by atoms with Gasteiger partial charge in [0.1, 0.15) is 22.8 Å². The zero-order valence-corrected chi connectivity index (χ0v) is 12.2. The number of aryl methyl sites for hydroxylation is 1. The Morgan fingerprint density at radius 1 is 1.09 bits per heavy atom. The Morgan fingerprint density at radius 2 is 1.64 bits per heavy atom. The molecule has 0 aliphatic heterocycles. The Labute approximate surface area is 130 Å². The van der Waals surface area contributed by atoms with Crippen LogP contribution in [0.2, 0.25) is 5.02 Å².